The van der Waals surface area contributed by atoms with Gasteiger partial charge >= 0.3 is 0 Å². The Balaban J connectivity index is 0.000000108. The highest BCUT2D eigenvalue weighted by molar-refractivity contribution is 6.13. The van der Waals surface area contributed by atoms with Gasteiger partial charge in [0.05, 0.1) is 33.1 Å². The average Bonchev–Trinajstić information content (AvgIpc) is 1.58. The van der Waals surface area contributed by atoms with E-state index in [-0.39, 0.29) is 32.5 Å². The number of hydrogen-bond donors (Lipinski definition) is 0. The SMILES string of the molecule is CC(C)(C)c1ccc2c(c1)c1ccccc1n2-c1ccccc1.CC(C)(C)c1ccc2c(c1)oc1ccccc12.CC(C)(C)c1ccc2c3ccccc3n(-c3ccccc3)c2c1.CC(C)(C)c1ccc2oc3ccccc3c2c1.CC(C)(C)c1cccc2c1c1ccccc1n2-c1ccccc1.CC(C)(C)c1cccc2oc3ccccc3c12. The molecule has 6 aromatic heterocycles. The number of fused-ring (bicyclic) bond motifs is 18. The van der Waals surface area contributed by atoms with Crippen LogP contribution in [-0.2, 0) is 32.5 Å². The summed E-state index contributed by atoms with van der Waals surface area (Å²) in [5, 5.41) is 15.3. The molecule has 0 fully saturated rings. The van der Waals surface area contributed by atoms with E-state index in [1.54, 1.807) is 0 Å². The second-order valence-corrected chi connectivity index (χ2v) is 38.1. The highest BCUT2D eigenvalue weighted by Crippen LogP contribution is 2.43. The molecule has 0 spiro atoms. The van der Waals surface area contributed by atoms with Crippen LogP contribution in [0.3, 0.4) is 0 Å². The minimum Gasteiger partial charge on any atom is -0.456 e. The zero-order valence-electron chi connectivity index (χ0n) is 73.0. The monoisotopic (exact) mass is 1570 g/mol. The average molecular weight is 1570 g/mol. The summed E-state index contributed by atoms with van der Waals surface area (Å²) < 4.78 is 24.7. The molecule has 21 aromatic rings. The molecule has 0 bridgehead atoms. The fourth-order valence-corrected chi connectivity index (χ4v) is 16.9. The maximum Gasteiger partial charge on any atom is 0.135 e. The lowest BCUT2D eigenvalue weighted by atomic mass is 9.84. The first kappa shape index (κ1) is 80.9. The molecular formula is C114H111N3O3. The standard InChI is InChI=1S/3C22H21N.3C16H16O/c1-22(2,3)18-13-9-15-20-21(18)17-12-7-8-14-19(17)23(20)16-10-5-4-6-11-16;1-22(2,3)16-13-14-21-19(15-16)18-11-7-8-12-20(18)23(21)17-9-5-4-6-10-17;1-22(2,3)16-13-14-19-18-11-7-8-12-20(18)23(21(19)15-16)17-9-5-4-6-10-17;1-16(2,3)12-8-6-10-14-15(12)11-7-4-5-9-13(11)17-14;1-16(2,3)11-8-9-15-13(10-11)12-6-4-5-7-14(12)17-15;1-16(2,3)11-8-9-13-12-6-4-5-7-14(12)17-15(13)10-11/h3*4-15H,1-3H3;3*4-10H,1-3H3. The first-order valence-corrected chi connectivity index (χ1v) is 42.4. The predicted octanol–water partition coefficient (Wildman–Crippen LogP) is 32.9. The van der Waals surface area contributed by atoms with Gasteiger partial charge in [-0.15, -0.1) is 0 Å². The maximum atomic E-state index is 5.89. The van der Waals surface area contributed by atoms with Crippen molar-refractivity contribution in [1.82, 2.24) is 13.7 Å². The summed E-state index contributed by atoms with van der Waals surface area (Å²) in [5.74, 6) is 0. The molecule has 0 saturated heterocycles. The highest BCUT2D eigenvalue weighted by Gasteiger charge is 2.26. The van der Waals surface area contributed by atoms with E-state index < -0.39 is 0 Å². The van der Waals surface area contributed by atoms with E-state index in [9.17, 15) is 0 Å². The van der Waals surface area contributed by atoms with Crippen molar-refractivity contribution in [1.29, 1.82) is 0 Å². The van der Waals surface area contributed by atoms with Crippen LogP contribution in [0.25, 0.3) is 148 Å². The number of aromatic nitrogens is 3. The Labute approximate surface area is 706 Å². The second-order valence-electron chi connectivity index (χ2n) is 38.1. The van der Waals surface area contributed by atoms with Crippen molar-refractivity contribution in [3.63, 3.8) is 0 Å². The summed E-state index contributed by atoms with van der Waals surface area (Å²) in [7, 11) is 0. The Bertz CT molecular complexity index is 7200. The number of hydrogen-bond acceptors (Lipinski definition) is 3. The normalized spacial score (nSPS) is 12.2. The number of benzene rings is 15. The molecule has 21 rings (SSSR count). The van der Waals surface area contributed by atoms with Crippen molar-refractivity contribution in [3.8, 4) is 17.1 Å². The first-order chi connectivity index (χ1) is 57.4. The Morgan fingerprint density at radius 1 is 0.167 bits per heavy atom. The molecule has 0 saturated carbocycles. The molecule has 6 heterocycles. The molecular weight excluding hydrogens is 1460 g/mol. The summed E-state index contributed by atoms with van der Waals surface area (Å²) in [5.41, 5.74) is 26.1. The zero-order chi connectivity index (χ0) is 84.2. The van der Waals surface area contributed by atoms with Crippen molar-refractivity contribution in [2.45, 2.75) is 157 Å². The van der Waals surface area contributed by atoms with E-state index in [0.717, 1.165) is 33.5 Å². The minimum absolute atomic E-state index is 0.116. The summed E-state index contributed by atoms with van der Waals surface area (Å²) in [4.78, 5) is 0. The second kappa shape index (κ2) is 32.1. The molecule has 0 radical (unpaired) electrons. The van der Waals surface area contributed by atoms with Gasteiger partial charge in [0, 0.05) is 81.7 Å². The van der Waals surface area contributed by atoms with Gasteiger partial charge in [0.15, 0.2) is 0 Å². The molecule has 15 aromatic carbocycles. The molecule has 600 valence electrons. The van der Waals surface area contributed by atoms with Crippen molar-refractivity contribution in [2.24, 2.45) is 0 Å². The Morgan fingerprint density at radius 3 is 0.983 bits per heavy atom. The molecule has 6 nitrogen and oxygen atoms in total. The van der Waals surface area contributed by atoms with E-state index in [2.05, 4.69) is 442 Å². The smallest absolute Gasteiger partial charge is 0.135 e. The van der Waals surface area contributed by atoms with Gasteiger partial charge in [-0.1, -0.05) is 349 Å². The van der Waals surface area contributed by atoms with Crippen molar-refractivity contribution in [3.05, 3.63) is 379 Å². The molecule has 0 amide bonds. The van der Waals surface area contributed by atoms with E-state index in [4.69, 9.17) is 13.3 Å². The van der Waals surface area contributed by atoms with Crippen molar-refractivity contribution >= 4 is 131 Å². The lowest BCUT2D eigenvalue weighted by Gasteiger charge is -2.20. The lowest BCUT2D eigenvalue weighted by Crippen LogP contribution is -2.11. The van der Waals surface area contributed by atoms with Gasteiger partial charge in [-0.2, -0.15) is 0 Å². The van der Waals surface area contributed by atoms with E-state index in [0.29, 0.717) is 0 Å². The van der Waals surface area contributed by atoms with Gasteiger partial charge in [0.25, 0.3) is 0 Å². The summed E-state index contributed by atoms with van der Waals surface area (Å²) >= 11 is 0. The molecule has 120 heavy (non-hydrogen) atoms. The Morgan fingerprint density at radius 2 is 0.467 bits per heavy atom. The molecule has 0 N–H and O–H groups in total. The molecule has 0 aliphatic carbocycles. The summed E-state index contributed by atoms with van der Waals surface area (Å²) in [6, 6.07) is 122. The lowest BCUT2D eigenvalue weighted by molar-refractivity contribution is 0.587. The third-order valence-electron chi connectivity index (χ3n) is 23.3. The van der Waals surface area contributed by atoms with Crippen LogP contribution in [0.5, 0.6) is 0 Å². The Hall–Kier alpha value is -12.9. The molecule has 0 atom stereocenters. The summed E-state index contributed by atoms with van der Waals surface area (Å²) in [6.07, 6.45) is 0. The third-order valence-corrected chi connectivity index (χ3v) is 23.3. The van der Waals surface area contributed by atoms with E-state index in [1.165, 1.54) is 148 Å². The van der Waals surface area contributed by atoms with E-state index in [1.807, 2.05) is 42.5 Å². The van der Waals surface area contributed by atoms with Crippen molar-refractivity contribution < 1.29 is 13.3 Å². The number of para-hydroxylation sites is 9. The van der Waals surface area contributed by atoms with Crippen molar-refractivity contribution in [2.75, 3.05) is 0 Å². The summed E-state index contributed by atoms with van der Waals surface area (Å²) in [6.45, 7) is 40.5. The molecule has 0 aliphatic heterocycles. The number of furan rings is 3. The van der Waals surface area contributed by atoms with Gasteiger partial charge in [0.1, 0.15) is 33.5 Å². The van der Waals surface area contributed by atoms with Gasteiger partial charge in [0.2, 0.25) is 0 Å². The van der Waals surface area contributed by atoms with Gasteiger partial charge in [-0.05, 0) is 187 Å². The maximum absolute atomic E-state index is 5.89. The van der Waals surface area contributed by atoms with Gasteiger partial charge < -0.3 is 27.0 Å². The number of nitrogens with zero attached hydrogens (tertiary/aromatic N) is 3. The molecule has 0 aliphatic rings. The fraction of sp³-hybridized carbons (Fsp3) is 0.211. The third kappa shape index (κ3) is 16.2. The van der Waals surface area contributed by atoms with Crippen LogP contribution in [0.15, 0.2) is 359 Å². The predicted molar refractivity (Wildman–Crippen MR) is 516 cm³/mol. The largest absolute Gasteiger partial charge is 0.456 e. The van der Waals surface area contributed by atoms with Crippen LogP contribution in [0, 0.1) is 0 Å². The van der Waals surface area contributed by atoms with Gasteiger partial charge in [-0.25, -0.2) is 0 Å². The molecule has 6 heteroatoms. The topological polar surface area (TPSA) is 54.2 Å². The van der Waals surface area contributed by atoms with Crippen LogP contribution in [0.1, 0.15) is 158 Å². The van der Waals surface area contributed by atoms with Crippen LogP contribution in [0.2, 0.25) is 0 Å². The van der Waals surface area contributed by atoms with Crippen LogP contribution >= 0.6 is 0 Å². The quantitative estimate of drug-likeness (QED) is 0.177. The highest BCUT2D eigenvalue weighted by atomic mass is 16.3. The zero-order valence-corrected chi connectivity index (χ0v) is 73.0. The molecule has 0 unspecified atom stereocenters. The minimum atomic E-state index is 0.116. The first-order valence-electron chi connectivity index (χ1n) is 42.4. The van der Waals surface area contributed by atoms with Crippen LogP contribution in [-0.4, -0.2) is 13.7 Å². The van der Waals surface area contributed by atoms with Crippen LogP contribution in [0.4, 0.5) is 0 Å². The number of rotatable bonds is 3. The van der Waals surface area contributed by atoms with Gasteiger partial charge in [-0.3, -0.25) is 0 Å². The Kier molecular flexibility index (Phi) is 21.6. The van der Waals surface area contributed by atoms with Crippen LogP contribution < -0.4 is 0 Å². The fourth-order valence-electron chi connectivity index (χ4n) is 16.9. The van der Waals surface area contributed by atoms with E-state index >= 15 is 0 Å².